The molecular weight excluding hydrogens is 301 g/mol. The number of halogens is 2. The molecule has 2 heterocycles. The summed E-state index contributed by atoms with van der Waals surface area (Å²) in [6.07, 6.45) is 2.78. The van der Waals surface area contributed by atoms with Gasteiger partial charge in [0.05, 0.1) is 5.54 Å². The normalized spacial score (nSPS) is 14.3. The van der Waals surface area contributed by atoms with E-state index in [0.29, 0.717) is 16.9 Å². The van der Waals surface area contributed by atoms with Gasteiger partial charge < -0.3 is 5.32 Å². The maximum atomic E-state index is 5.90. The lowest BCUT2D eigenvalue weighted by molar-refractivity contribution is 0.349. The van der Waals surface area contributed by atoms with Gasteiger partial charge in [-0.05, 0) is 31.0 Å². The smallest absolute Gasteiger partial charge is 0.131 e. The number of hydrogen-bond donors (Lipinski definition) is 1. The van der Waals surface area contributed by atoms with Crippen LogP contribution < -0.4 is 5.32 Å². The second-order valence-corrected chi connectivity index (χ2v) is 6.17. The molecule has 0 bridgehead atoms. The fraction of sp³-hybridized carbons (Fsp3) is 0.385. The first-order chi connectivity index (χ1) is 9.03. The average molecular weight is 316 g/mol. The van der Waals surface area contributed by atoms with Gasteiger partial charge in [0.15, 0.2) is 0 Å². The summed E-state index contributed by atoms with van der Waals surface area (Å²) < 4.78 is 0. The summed E-state index contributed by atoms with van der Waals surface area (Å²) in [5.74, 6) is 0. The van der Waals surface area contributed by atoms with Crippen LogP contribution in [-0.2, 0) is 12.1 Å². The first-order valence-corrected chi connectivity index (χ1v) is 7.64. The molecule has 0 fully saturated rings. The molecule has 102 valence electrons. The standard InChI is InChI=1S/C13H15Cl2N3S/c1-3-13(2,12-16-4-5-19-12)17-8-9-6-10(14)18-11(15)7-9/h4-7,17H,3,8H2,1-2H3. The summed E-state index contributed by atoms with van der Waals surface area (Å²) in [5, 5.41) is 7.42. The minimum absolute atomic E-state index is 0.142. The second kappa shape index (κ2) is 6.18. The molecule has 1 atom stereocenters. The predicted molar refractivity (Wildman–Crippen MR) is 80.9 cm³/mol. The fourth-order valence-electron chi connectivity index (χ4n) is 1.76. The van der Waals surface area contributed by atoms with Crippen molar-refractivity contribution in [1.29, 1.82) is 0 Å². The molecule has 1 N–H and O–H groups in total. The molecule has 2 rings (SSSR count). The molecule has 2 aromatic heterocycles. The number of aromatic nitrogens is 2. The highest BCUT2D eigenvalue weighted by atomic mass is 35.5. The van der Waals surface area contributed by atoms with Crippen molar-refractivity contribution in [3.8, 4) is 0 Å². The summed E-state index contributed by atoms with van der Waals surface area (Å²) in [7, 11) is 0. The van der Waals surface area contributed by atoms with E-state index in [4.69, 9.17) is 23.2 Å². The van der Waals surface area contributed by atoms with Crippen LogP contribution >= 0.6 is 34.5 Å². The number of thiazole rings is 1. The van der Waals surface area contributed by atoms with Crippen molar-refractivity contribution in [3.05, 3.63) is 44.6 Å². The average Bonchev–Trinajstić information content (AvgIpc) is 2.89. The van der Waals surface area contributed by atoms with Crippen LogP contribution in [0.5, 0.6) is 0 Å². The van der Waals surface area contributed by atoms with E-state index < -0.39 is 0 Å². The van der Waals surface area contributed by atoms with Crippen LogP contribution in [-0.4, -0.2) is 9.97 Å². The van der Waals surface area contributed by atoms with E-state index in [1.165, 1.54) is 0 Å². The number of nitrogens with one attached hydrogen (secondary N) is 1. The molecule has 0 amide bonds. The van der Waals surface area contributed by atoms with Gasteiger partial charge in [0.1, 0.15) is 15.3 Å². The Morgan fingerprint density at radius 1 is 1.32 bits per heavy atom. The third-order valence-corrected chi connectivity index (χ3v) is 4.54. The summed E-state index contributed by atoms with van der Waals surface area (Å²) in [4.78, 5) is 8.34. The van der Waals surface area contributed by atoms with Gasteiger partial charge in [-0.2, -0.15) is 0 Å². The zero-order valence-corrected chi connectivity index (χ0v) is 13.1. The number of nitrogens with zero attached hydrogens (tertiary/aromatic N) is 2. The highest BCUT2D eigenvalue weighted by Gasteiger charge is 2.26. The summed E-state index contributed by atoms with van der Waals surface area (Å²) >= 11 is 13.5. The lowest BCUT2D eigenvalue weighted by Gasteiger charge is -2.27. The van der Waals surface area contributed by atoms with Crippen molar-refractivity contribution in [2.75, 3.05) is 0 Å². The van der Waals surface area contributed by atoms with E-state index in [-0.39, 0.29) is 5.54 Å². The molecular formula is C13H15Cl2N3S. The van der Waals surface area contributed by atoms with Crippen molar-refractivity contribution < 1.29 is 0 Å². The quantitative estimate of drug-likeness (QED) is 0.838. The number of pyridine rings is 1. The van der Waals surface area contributed by atoms with Crippen LogP contribution in [0, 0.1) is 0 Å². The maximum absolute atomic E-state index is 5.90. The highest BCUT2D eigenvalue weighted by molar-refractivity contribution is 7.09. The van der Waals surface area contributed by atoms with Crippen molar-refractivity contribution in [3.63, 3.8) is 0 Å². The third kappa shape index (κ3) is 3.66. The Morgan fingerprint density at radius 2 is 2.00 bits per heavy atom. The van der Waals surface area contributed by atoms with Crippen LogP contribution in [0.2, 0.25) is 10.3 Å². The Bertz CT molecular complexity index is 525. The molecule has 0 aromatic carbocycles. The Kier molecular flexibility index (Phi) is 4.79. The fourth-order valence-corrected chi connectivity index (χ4v) is 3.12. The van der Waals surface area contributed by atoms with Crippen molar-refractivity contribution in [2.45, 2.75) is 32.4 Å². The van der Waals surface area contributed by atoms with Crippen LogP contribution in [0.3, 0.4) is 0 Å². The zero-order chi connectivity index (χ0) is 13.9. The lowest BCUT2D eigenvalue weighted by atomic mass is 9.99. The van der Waals surface area contributed by atoms with E-state index in [0.717, 1.165) is 17.0 Å². The van der Waals surface area contributed by atoms with Gasteiger partial charge in [-0.15, -0.1) is 11.3 Å². The van der Waals surface area contributed by atoms with Crippen molar-refractivity contribution in [2.24, 2.45) is 0 Å². The lowest BCUT2D eigenvalue weighted by Crippen LogP contribution is -2.38. The van der Waals surface area contributed by atoms with Gasteiger partial charge in [0, 0.05) is 18.1 Å². The van der Waals surface area contributed by atoms with Crippen molar-refractivity contribution >= 4 is 34.5 Å². The van der Waals surface area contributed by atoms with E-state index in [2.05, 4.69) is 29.1 Å². The highest BCUT2D eigenvalue weighted by Crippen LogP contribution is 2.27. The zero-order valence-electron chi connectivity index (χ0n) is 10.8. The Morgan fingerprint density at radius 3 is 2.53 bits per heavy atom. The summed E-state index contributed by atoms with van der Waals surface area (Å²) in [6.45, 7) is 4.96. The van der Waals surface area contributed by atoms with Gasteiger partial charge in [0.2, 0.25) is 0 Å². The minimum Gasteiger partial charge on any atom is -0.302 e. The first kappa shape index (κ1) is 14.7. The van der Waals surface area contributed by atoms with Gasteiger partial charge >= 0.3 is 0 Å². The van der Waals surface area contributed by atoms with Gasteiger partial charge in [-0.1, -0.05) is 30.1 Å². The molecule has 19 heavy (non-hydrogen) atoms. The number of hydrogen-bond acceptors (Lipinski definition) is 4. The molecule has 3 nitrogen and oxygen atoms in total. The van der Waals surface area contributed by atoms with Crippen LogP contribution in [0.15, 0.2) is 23.7 Å². The molecule has 0 radical (unpaired) electrons. The molecule has 0 aliphatic carbocycles. The van der Waals surface area contributed by atoms with Crippen LogP contribution in [0.4, 0.5) is 0 Å². The minimum atomic E-state index is -0.142. The van der Waals surface area contributed by atoms with E-state index in [1.54, 1.807) is 11.3 Å². The van der Waals surface area contributed by atoms with Gasteiger partial charge in [0.25, 0.3) is 0 Å². The second-order valence-electron chi connectivity index (χ2n) is 4.50. The molecule has 1 unspecified atom stereocenters. The third-order valence-electron chi connectivity index (χ3n) is 3.12. The maximum Gasteiger partial charge on any atom is 0.131 e. The molecule has 0 aliphatic heterocycles. The topological polar surface area (TPSA) is 37.8 Å². The number of rotatable bonds is 5. The SMILES string of the molecule is CCC(C)(NCc1cc(Cl)nc(Cl)c1)c1nccs1. The molecule has 2 aromatic rings. The largest absolute Gasteiger partial charge is 0.302 e. The Balaban J connectivity index is 2.12. The van der Waals surface area contributed by atoms with Crippen molar-refractivity contribution in [1.82, 2.24) is 15.3 Å². The molecule has 0 aliphatic rings. The molecule has 0 saturated carbocycles. The van der Waals surface area contributed by atoms with E-state index in [1.807, 2.05) is 23.7 Å². The van der Waals surface area contributed by atoms with Gasteiger partial charge in [-0.3, -0.25) is 0 Å². The summed E-state index contributed by atoms with van der Waals surface area (Å²) in [6, 6.07) is 3.64. The van der Waals surface area contributed by atoms with E-state index in [9.17, 15) is 0 Å². The van der Waals surface area contributed by atoms with E-state index >= 15 is 0 Å². The Hall–Kier alpha value is -0.680. The first-order valence-electron chi connectivity index (χ1n) is 6.00. The molecule has 0 saturated heterocycles. The van der Waals surface area contributed by atoms with Crippen LogP contribution in [0.25, 0.3) is 0 Å². The van der Waals surface area contributed by atoms with Gasteiger partial charge in [-0.25, -0.2) is 9.97 Å². The predicted octanol–water partition coefficient (Wildman–Crippen LogP) is 4.26. The molecule has 0 spiro atoms. The summed E-state index contributed by atoms with van der Waals surface area (Å²) in [5.41, 5.74) is 0.873. The Labute approximate surface area is 127 Å². The monoisotopic (exact) mass is 315 g/mol. The van der Waals surface area contributed by atoms with Crippen LogP contribution in [0.1, 0.15) is 30.8 Å². The molecule has 6 heteroatoms.